The molecule has 1 saturated carbocycles. The predicted octanol–water partition coefficient (Wildman–Crippen LogP) is 3.10. The van der Waals surface area contributed by atoms with Crippen LogP contribution in [0, 0.1) is 11.3 Å². The number of hydrogen-bond acceptors (Lipinski definition) is 1. The van der Waals surface area contributed by atoms with E-state index in [1.54, 1.807) is 0 Å². The number of nitrogens with zero attached hydrogens (tertiary/aromatic N) is 1. The first kappa shape index (κ1) is 8.07. The molecular formula is C12H11N. The zero-order chi connectivity index (χ0) is 9.10. The molecule has 0 atom stereocenters. The lowest BCUT2D eigenvalue weighted by Crippen LogP contribution is -1.79. The van der Waals surface area contributed by atoms with Gasteiger partial charge in [-0.15, -0.1) is 0 Å². The van der Waals surface area contributed by atoms with Gasteiger partial charge in [0.1, 0.15) is 0 Å². The predicted molar refractivity (Wildman–Crippen MR) is 53.1 cm³/mol. The summed E-state index contributed by atoms with van der Waals surface area (Å²) in [6.45, 7) is 0. The Morgan fingerprint density at radius 3 is 2.92 bits per heavy atom. The van der Waals surface area contributed by atoms with Gasteiger partial charge in [0.25, 0.3) is 0 Å². The van der Waals surface area contributed by atoms with Crippen molar-refractivity contribution in [3.05, 3.63) is 41.5 Å². The van der Waals surface area contributed by atoms with Gasteiger partial charge in [0.2, 0.25) is 0 Å². The molecule has 1 aromatic rings. The first-order valence-electron chi connectivity index (χ1n) is 4.56. The van der Waals surface area contributed by atoms with Crippen molar-refractivity contribution in [3.8, 4) is 6.07 Å². The molecule has 0 saturated heterocycles. The van der Waals surface area contributed by atoms with Crippen LogP contribution >= 0.6 is 0 Å². The topological polar surface area (TPSA) is 23.8 Å². The maximum atomic E-state index is 8.38. The van der Waals surface area contributed by atoms with Crippen LogP contribution in [0.1, 0.15) is 29.9 Å². The molecule has 1 aliphatic carbocycles. The van der Waals surface area contributed by atoms with E-state index < -0.39 is 0 Å². The summed E-state index contributed by atoms with van der Waals surface area (Å²) >= 11 is 0. The highest BCUT2D eigenvalue weighted by atomic mass is 14.3. The van der Waals surface area contributed by atoms with Crippen molar-refractivity contribution in [1.82, 2.24) is 0 Å². The normalized spacial score (nSPS) is 15.9. The van der Waals surface area contributed by atoms with Crippen molar-refractivity contribution in [2.45, 2.75) is 18.8 Å². The molecule has 0 heterocycles. The molecule has 0 unspecified atom stereocenters. The van der Waals surface area contributed by atoms with E-state index in [9.17, 15) is 0 Å². The molecule has 1 heteroatoms. The second kappa shape index (κ2) is 3.45. The minimum absolute atomic E-state index is 0.787. The highest BCUT2D eigenvalue weighted by Gasteiger charge is 2.22. The zero-order valence-corrected chi connectivity index (χ0v) is 7.40. The van der Waals surface area contributed by atoms with E-state index in [1.165, 1.54) is 24.5 Å². The highest BCUT2D eigenvalue weighted by Crippen LogP contribution is 2.40. The third kappa shape index (κ3) is 1.97. The second-order valence-corrected chi connectivity index (χ2v) is 3.41. The third-order valence-corrected chi connectivity index (χ3v) is 2.31. The van der Waals surface area contributed by atoms with Gasteiger partial charge in [0.05, 0.1) is 6.07 Å². The van der Waals surface area contributed by atoms with Crippen LogP contribution in [0.15, 0.2) is 30.3 Å². The standard InChI is InChI=1S/C12H11N/c13-8-2-4-10-3-1-5-12(9-10)11-6-7-11/h1-5,9,11H,6-7H2/b4-2+. The van der Waals surface area contributed by atoms with Crippen molar-refractivity contribution in [2.24, 2.45) is 0 Å². The van der Waals surface area contributed by atoms with Crippen molar-refractivity contribution >= 4 is 6.08 Å². The molecule has 1 fully saturated rings. The molecule has 0 aromatic heterocycles. The van der Waals surface area contributed by atoms with Gasteiger partial charge < -0.3 is 0 Å². The third-order valence-electron chi connectivity index (χ3n) is 2.31. The SMILES string of the molecule is N#C/C=C/c1cccc(C2CC2)c1. The number of benzene rings is 1. The van der Waals surface area contributed by atoms with Crippen LogP contribution in [0.4, 0.5) is 0 Å². The molecule has 0 spiro atoms. The summed E-state index contributed by atoms with van der Waals surface area (Å²) in [4.78, 5) is 0. The van der Waals surface area contributed by atoms with Gasteiger partial charge in [-0.25, -0.2) is 0 Å². The van der Waals surface area contributed by atoms with E-state index in [1.807, 2.05) is 18.2 Å². The van der Waals surface area contributed by atoms with Crippen LogP contribution < -0.4 is 0 Å². The number of nitriles is 1. The van der Waals surface area contributed by atoms with Crippen molar-refractivity contribution < 1.29 is 0 Å². The van der Waals surface area contributed by atoms with Crippen LogP contribution in [0.3, 0.4) is 0 Å². The summed E-state index contributed by atoms with van der Waals surface area (Å²) in [6, 6.07) is 10.4. The van der Waals surface area contributed by atoms with Gasteiger partial charge >= 0.3 is 0 Å². The summed E-state index contributed by atoms with van der Waals surface area (Å²) < 4.78 is 0. The average Bonchev–Trinajstić information content (AvgIpc) is 2.98. The highest BCUT2D eigenvalue weighted by molar-refractivity contribution is 5.53. The molecule has 0 aliphatic heterocycles. The van der Waals surface area contributed by atoms with Crippen LogP contribution in [0.5, 0.6) is 0 Å². The van der Waals surface area contributed by atoms with Crippen molar-refractivity contribution in [1.29, 1.82) is 5.26 Å². The average molecular weight is 169 g/mol. The van der Waals surface area contributed by atoms with Gasteiger partial charge in [-0.1, -0.05) is 24.3 Å². The Morgan fingerprint density at radius 1 is 1.38 bits per heavy atom. The Balaban J connectivity index is 2.22. The maximum absolute atomic E-state index is 8.38. The number of hydrogen-bond donors (Lipinski definition) is 0. The molecule has 0 bridgehead atoms. The lowest BCUT2D eigenvalue weighted by atomic mass is 10.1. The lowest BCUT2D eigenvalue weighted by Gasteiger charge is -1.98. The summed E-state index contributed by atoms with van der Waals surface area (Å²) in [5, 5.41) is 8.38. The van der Waals surface area contributed by atoms with Crippen LogP contribution in [-0.4, -0.2) is 0 Å². The molecule has 0 N–H and O–H groups in total. The fourth-order valence-corrected chi connectivity index (χ4v) is 1.47. The van der Waals surface area contributed by atoms with E-state index in [2.05, 4.69) is 18.2 Å². The minimum Gasteiger partial charge on any atom is -0.193 e. The van der Waals surface area contributed by atoms with E-state index in [-0.39, 0.29) is 0 Å². The zero-order valence-electron chi connectivity index (χ0n) is 7.40. The van der Waals surface area contributed by atoms with Crippen molar-refractivity contribution in [2.75, 3.05) is 0 Å². The lowest BCUT2D eigenvalue weighted by molar-refractivity contribution is 1.13. The minimum atomic E-state index is 0.787. The smallest absolute Gasteiger partial charge is 0.0912 e. The number of allylic oxidation sites excluding steroid dienone is 1. The van der Waals surface area contributed by atoms with Gasteiger partial charge in [-0.2, -0.15) is 5.26 Å². The summed E-state index contributed by atoms with van der Waals surface area (Å²) in [6.07, 6.45) is 6.02. The first-order valence-corrected chi connectivity index (χ1v) is 4.56. The molecule has 1 aliphatic rings. The molecule has 1 aromatic carbocycles. The quantitative estimate of drug-likeness (QED) is 0.624. The van der Waals surface area contributed by atoms with E-state index in [0.717, 1.165) is 11.5 Å². The fraction of sp³-hybridized carbons (Fsp3) is 0.250. The summed E-state index contributed by atoms with van der Waals surface area (Å²) in [5.74, 6) is 0.787. The summed E-state index contributed by atoms with van der Waals surface area (Å²) in [5.41, 5.74) is 2.55. The molecule has 13 heavy (non-hydrogen) atoms. The summed E-state index contributed by atoms with van der Waals surface area (Å²) in [7, 11) is 0. The fourth-order valence-electron chi connectivity index (χ4n) is 1.47. The largest absolute Gasteiger partial charge is 0.193 e. The molecule has 0 amide bonds. The monoisotopic (exact) mass is 169 g/mol. The first-order chi connectivity index (χ1) is 6.40. The van der Waals surface area contributed by atoms with E-state index in [4.69, 9.17) is 5.26 Å². The Hall–Kier alpha value is -1.55. The van der Waals surface area contributed by atoms with E-state index >= 15 is 0 Å². The Bertz CT molecular complexity index is 367. The van der Waals surface area contributed by atoms with Gasteiger partial charge in [-0.3, -0.25) is 0 Å². The van der Waals surface area contributed by atoms with Crippen LogP contribution in [-0.2, 0) is 0 Å². The maximum Gasteiger partial charge on any atom is 0.0912 e. The molecule has 64 valence electrons. The van der Waals surface area contributed by atoms with Gasteiger partial charge in [-0.05, 0) is 36.0 Å². The van der Waals surface area contributed by atoms with E-state index in [0.29, 0.717) is 0 Å². The molecular weight excluding hydrogens is 158 g/mol. The van der Waals surface area contributed by atoms with Gasteiger partial charge in [0, 0.05) is 6.08 Å². The molecule has 2 rings (SSSR count). The van der Waals surface area contributed by atoms with Gasteiger partial charge in [0.15, 0.2) is 0 Å². The van der Waals surface area contributed by atoms with Crippen LogP contribution in [0.2, 0.25) is 0 Å². The number of rotatable bonds is 2. The van der Waals surface area contributed by atoms with Crippen molar-refractivity contribution in [3.63, 3.8) is 0 Å². The Kier molecular flexibility index (Phi) is 2.14. The van der Waals surface area contributed by atoms with Crippen LogP contribution in [0.25, 0.3) is 6.08 Å². The Labute approximate surface area is 78.3 Å². The molecule has 1 nitrogen and oxygen atoms in total. The Morgan fingerprint density at radius 2 is 2.23 bits per heavy atom. The second-order valence-electron chi connectivity index (χ2n) is 3.41. The molecule has 0 radical (unpaired) electrons.